The fourth-order valence-electron chi connectivity index (χ4n) is 2.26. The number of nitrogens with zero attached hydrogens (tertiary/aromatic N) is 1. The molecule has 0 spiro atoms. The van der Waals surface area contributed by atoms with Crippen LogP contribution in [0.4, 0.5) is 5.69 Å². The summed E-state index contributed by atoms with van der Waals surface area (Å²) in [4.78, 5) is 24.7. The molecule has 5 nitrogen and oxygen atoms in total. The van der Waals surface area contributed by atoms with Gasteiger partial charge in [-0.05, 0) is 31.0 Å². The molecule has 0 saturated heterocycles. The second-order valence-electron chi connectivity index (χ2n) is 6.35. The largest absolute Gasteiger partial charge is 0.479 e. The van der Waals surface area contributed by atoms with Crippen LogP contribution in [0, 0.1) is 5.92 Å². The first kappa shape index (κ1) is 21.7. The molecule has 1 rings (SSSR count). The molecule has 0 aliphatic rings. The van der Waals surface area contributed by atoms with Crippen molar-refractivity contribution in [3.05, 3.63) is 29.8 Å². The number of carbonyl (C=O) groups excluding carboxylic acids is 1. The number of rotatable bonds is 10. The van der Waals surface area contributed by atoms with E-state index in [-0.39, 0.29) is 11.8 Å². The molecular weight excluding hydrogens is 356 g/mol. The molecule has 7 heteroatoms. The van der Waals surface area contributed by atoms with Crippen LogP contribution in [0.5, 0.6) is 0 Å². The number of thiol groups is 1. The Hall–Kier alpha value is -1.34. The molecule has 1 amide bonds. The highest BCUT2D eigenvalue weighted by Crippen LogP contribution is 2.28. The van der Waals surface area contributed by atoms with Crippen molar-refractivity contribution in [2.45, 2.75) is 37.3 Å². The third-order valence-corrected chi connectivity index (χ3v) is 5.75. The maximum atomic E-state index is 12.4. The third kappa shape index (κ3) is 6.47. The lowest BCUT2D eigenvalue weighted by Gasteiger charge is -2.28. The number of benzene rings is 1. The van der Waals surface area contributed by atoms with Crippen LogP contribution in [0.1, 0.15) is 32.3 Å². The zero-order valence-electron chi connectivity index (χ0n) is 15.3. The molecule has 0 aromatic heterocycles. The van der Waals surface area contributed by atoms with Gasteiger partial charge in [0.05, 0.1) is 0 Å². The highest BCUT2D eigenvalue weighted by atomic mass is 32.2. The normalized spacial score (nSPS) is 14.4. The minimum Gasteiger partial charge on any atom is -0.479 e. The predicted molar refractivity (Wildman–Crippen MR) is 108 cm³/mol. The van der Waals surface area contributed by atoms with Gasteiger partial charge in [-0.25, -0.2) is 4.79 Å². The SMILES string of the molecule is CCCC(CS)C(=O)N[C@@](C)(SCc1ccc(N(C)C)cc1)C(=O)O. The molecule has 0 heterocycles. The van der Waals surface area contributed by atoms with Crippen LogP contribution >= 0.6 is 24.4 Å². The van der Waals surface area contributed by atoms with Crippen molar-refractivity contribution in [2.75, 3.05) is 24.7 Å². The second kappa shape index (κ2) is 9.97. The van der Waals surface area contributed by atoms with Gasteiger partial charge in [-0.2, -0.15) is 12.6 Å². The van der Waals surface area contributed by atoms with Gasteiger partial charge in [0.1, 0.15) is 0 Å². The molecule has 0 fully saturated rings. The molecule has 0 radical (unpaired) electrons. The van der Waals surface area contributed by atoms with Crippen LogP contribution in [-0.2, 0) is 15.3 Å². The highest BCUT2D eigenvalue weighted by molar-refractivity contribution is 8.00. The van der Waals surface area contributed by atoms with E-state index < -0.39 is 10.8 Å². The lowest BCUT2D eigenvalue weighted by Crippen LogP contribution is -2.51. The number of carboxylic acid groups (broad SMARTS) is 1. The molecule has 25 heavy (non-hydrogen) atoms. The topological polar surface area (TPSA) is 69.6 Å². The Morgan fingerprint density at radius 1 is 1.32 bits per heavy atom. The second-order valence-corrected chi connectivity index (χ2v) is 8.10. The molecular formula is C18H28N2O3S2. The van der Waals surface area contributed by atoms with Gasteiger partial charge in [-0.1, -0.05) is 25.5 Å². The summed E-state index contributed by atoms with van der Waals surface area (Å²) in [5, 5.41) is 12.3. The lowest BCUT2D eigenvalue weighted by molar-refractivity contribution is -0.143. The predicted octanol–water partition coefficient (Wildman–Crippen LogP) is 3.25. The van der Waals surface area contributed by atoms with Crippen LogP contribution < -0.4 is 10.2 Å². The fourth-order valence-corrected chi connectivity index (χ4v) is 3.55. The van der Waals surface area contributed by atoms with Gasteiger partial charge < -0.3 is 15.3 Å². The summed E-state index contributed by atoms with van der Waals surface area (Å²) >= 11 is 5.41. The Kier molecular flexibility index (Phi) is 8.65. The van der Waals surface area contributed by atoms with E-state index in [9.17, 15) is 14.7 Å². The Bertz CT molecular complexity index is 578. The third-order valence-electron chi connectivity index (χ3n) is 3.98. The summed E-state index contributed by atoms with van der Waals surface area (Å²) in [6.45, 7) is 3.53. The van der Waals surface area contributed by atoms with E-state index in [1.165, 1.54) is 18.7 Å². The Labute approximate surface area is 160 Å². The minimum absolute atomic E-state index is 0.253. The number of thioether (sulfide) groups is 1. The summed E-state index contributed by atoms with van der Waals surface area (Å²) in [7, 11) is 3.93. The first-order valence-electron chi connectivity index (χ1n) is 8.30. The maximum Gasteiger partial charge on any atom is 0.339 e. The van der Waals surface area contributed by atoms with E-state index in [0.717, 1.165) is 17.7 Å². The van der Waals surface area contributed by atoms with Crippen molar-refractivity contribution in [1.29, 1.82) is 0 Å². The zero-order valence-corrected chi connectivity index (χ0v) is 17.0. The van der Waals surface area contributed by atoms with Crippen LogP contribution in [0.15, 0.2) is 24.3 Å². The quantitative estimate of drug-likeness (QED) is 0.427. The van der Waals surface area contributed by atoms with Crippen molar-refractivity contribution in [3.8, 4) is 0 Å². The van der Waals surface area contributed by atoms with Gasteiger partial charge in [0.15, 0.2) is 4.87 Å². The van der Waals surface area contributed by atoms with Crippen LogP contribution in [-0.4, -0.2) is 41.7 Å². The summed E-state index contributed by atoms with van der Waals surface area (Å²) in [5.74, 6) is -0.670. The molecule has 0 bridgehead atoms. The van der Waals surface area contributed by atoms with Crippen molar-refractivity contribution in [3.63, 3.8) is 0 Å². The van der Waals surface area contributed by atoms with E-state index in [4.69, 9.17) is 0 Å². The van der Waals surface area contributed by atoms with Gasteiger partial charge in [-0.15, -0.1) is 11.8 Å². The van der Waals surface area contributed by atoms with E-state index in [0.29, 0.717) is 17.9 Å². The number of anilines is 1. The summed E-state index contributed by atoms with van der Waals surface area (Å²) in [6, 6.07) is 7.93. The van der Waals surface area contributed by atoms with Gasteiger partial charge in [0.2, 0.25) is 5.91 Å². The van der Waals surface area contributed by atoms with E-state index in [2.05, 4.69) is 17.9 Å². The van der Waals surface area contributed by atoms with E-state index in [1.807, 2.05) is 50.2 Å². The number of aliphatic carboxylic acids is 1. The van der Waals surface area contributed by atoms with Gasteiger partial charge in [-0.3, -0.25) is 4.79 Å². The van der Waals surface area contributed by atoms with E-state index in [1.54, 1.807) is 0 Å². The minimum atomic E-state index is -1.37. The number of carboxylic acids is 1. The average molecular weight is 385 g/mol. The molecule has 140 valence electrons. The molecule has 1 aromatic rings. The van der Waals surface area contributed by atoms with Crippen LogP contribution in [0.3, 0.4) is 0 Å². The number of nitrogens with one attached hydrogen (secondary N) is 1. The first-order valence-corrected chi connectivity index (χ1v) is 9.91. The smallest absolute Gasteiger partial charge is 0.339 e. The van der Waals surface area contributed by atoms with Crippen molar-refractivity contribution in [2.24, 2.45) is 5.92 Å². The number of hydrogen-bond acceptors (Lipinski definition) is 5. The van der Waals surface area contributed by atoms with Gasteiger partial charge in [0, 0.05) is 37.2 Å². The molecule has 0 aliphatic heterocycles. The molecule has 0 aliphatic carbocycles. The van der Waals surface area contributed by atoms with E-state index >= 15 is 0 Å². The van der Waals surface area contributed by atoms with Crippen molar-refractivity contribution < 1.29 is 14.7 Å². The highest BCUT2D eigenvalue weighted by Gasteiger charge is 2.36. The molecule has 2 N–H and O–H groups in total. The Morgan fingerprint density at radius 2 is 1.92 bits per heavy atom. The maximum absolute atomic E-state index is 12.4. The van der Waals surface area contributed by atoms with Gasteiger partial charge >= 0.3 is 5.97 Å². The number of hydrogen-bond donors (Lipinski definition) is 3. The summed E-state index contributed by atoms with van der Waals surface area (Å²) < 4.78 is 0. The standard InChI is InChI=1S/C18H28N2O3S2/c1-5-6-14(11-24)16(21)19-18(2,17(22)23)25-12-13-7-9-15(10-8-13)20(3)4/h7-10,14,24H,5-6,11-12H2,1-4H3,(H,19,21)(H,22,23)/t14?,18-/m0/s1. The summed E-state index contributed by atoms with van der Waals surface area (Å²) in [6.07, 6.45) is 1.55. The lowest BCUT2D eigenvalue weighted by atomic mass is 10.0. The number of carbonyl (C=O) groups is 2. The first-order chi connectivity index (χ1) is 11.7. The molecule has 1 unspecified atom stereocenters. The summed E-state index contributed by atoms with van der Waals surface area (Å²) in [5.41, 5.74) is 2.09. The fraction of sp³-hybridized carbons (Fsp3) is 0.556. The number of amides is 1. The Morgan fingerprint density at radius 3 is 2.36 bits per heavy atom. The van der Waals surface area contributed by atoms with Crippen LogP contribution in [0.25, 0.3) is 0 Å². The Balaban J connectivity index is 2.77. The zero-order chi connectivity index (χ0) is 19.0. The van der Waals surface area contributed by atoms with Crippen LogP contribution in [0.2, 0.25) is 0 Å². The molecule has 0 saturated carbocycles. The van der Waals surface area contributed by atoms with Crippen molar-refractivity contribution >= 4 is 42.0 Å². The average Bonchev–Trinajstić information content (AvgIpc) is 2.57. The molecule has 1 aromatic carbocycles. The molecule has 2 atom stereocenters. The monoisotopic (exact) mass is 384 g/mol. The van der Waals surface area contributed by atoms with Crippen molar-refractivity contribution in [1.82, 2.24) is 5.32 Å². The van der Waals surface area contributed by atoms with Gasteiger partial charge in [0.25, 0.3) is 0 Å².